The minimum absolute atomic E-state index is 0.0581. The number of hydrogen-bond donors (Lipinski definition) is 1. The first-order chi connectivity index (χ1) is 17.5. The summed E-state index contributed by atoms with van der Waals surface area (Å²) in [6, 6.07) is 16.4. The summed E-state index contributed by atoms with van der Waals surface area (Å²) >= 11 is 0. The molecule has 0 bridgehead atoms. The van der Waals surface area contributed by atoms with E-state index in [-0.39, 0.29) is 5.56 Å². The maximum absolute atomic E-state index is 13.3. The highest BCUT2D eigenvalue weighted by Gasteiger charge is 2.18. The van der Waals surface area contributed by atoms with Gasteiger partial charge in [-0.15, -0.1) is 0 Å². The zero-order valence-electron chi connectivity index (χ0n) is 20.9. The molecule has 3 aromatic heterocycles. The predicted octanol–water partition coefficient (Wildman–Crippen LogP) is 4.75. The number of aryl methyl sites for hydroxylation is 2. The van der Waals surface area contributed by atoms with Gasteiger partial charge in [0.15, 0.2) is 0 Å². The van der Waals surface area contributed by atoms with Gasteiger partial charge in [0.1, 0.15) is 0 Å². The van der Waals surface area contributed by atoms with Gasteiger partial charge in [0.2, 0.25) is 0 Å². The van der Waals surface area contributed by atoms with Crippen LogP contribution >= 0.6 is 0 Å². The van der Waals surface area contributed by atoms with E-state index in [9.17, 15) is 4.79 Å². The molecule has 0 unspecified atom stereocenters. The van der Waals surface area contributed by atoms with Crippen molar-refractivity contribution in [2.45, 2.75) is 25.8 Å². The van der Waals surface area contributed by atoms with Crippen molar-refractivity contribution in [3.8, 4) is 16.8 Å². The lowest BCUT2D eigenvalue weighted by atomic mass is 10.0. The maximum atomic E-state index is 13.3. The number of piperidine rings is 1. The standard InChI is InChI=1S/C29H30N6O/c1-19-14-24(6-8-26(19)32-23-10-12-33(2)13-11-23)35-28(36)9-5-21-16-30-27-7-4-20(15-25(27)29(21)35)22-17-31-34(3)18-22/h4-9,14-18,23,32H,10-13H2,1-3H3. The minimum Gasteiger partial charge on any atom is -0.382 e. The van der Waals surface area contributed by atoms with Gasteiger partial charge in [0.25, 0.3) is 5.56 Å². The smallest absolute Gasteiger partial charge is 0.255 e. The van der Waals surface area contributed by atoms with Crippen LogP contribution in [0.2, 0.25) is 0 Å². The van der Waals surface area contributed by atoms with E-state index < -0.39 is 0 Å². The molecule has 36 heavy (non-hydrogen) atoms. The largest absolute Gasteiger partial charge is 0.382 e. The lowest BCUT2D eigenvalue weighted by Gasteiger charge is -2.30. The van der Waals surface area contributed by atoms with Crippen LogP contribution in [0.15, 0.2) is 71.9 Å². The first kappa shape index (κ1) is 22.5. The Morgan fingerprint density at radius 1 is 0.944 bits per heavy atom. The van der Waals surface area contributed by atoms with Gasteiger partial charge in [-0.05, 0) is 87.4 Å². The third kappa shape index (κ3) is 4.05. The summed E-state index contributed by atoms with van der Waals surface area (Å²) in [6.45, 7) is 4.34. The topological polar surface area (TPSA) is 68.0 Å². The third-order valence-electron chi connectivity index (χ3n) is 7.30. The van der Waals surface area contributed by atoms with Crippen LogP contribution in [0.3, 0.4) is 0 Å². The van der Waals surface area contributed by atoms with E-state index in [1.54, 1.807) is 10.7 Å². The molecule has 0 amide bonds. The Balaban J connectivity index is 1.47. The molecule has 4 heterocycles. The zero-order chi connectivity index (χ0) is 24.8. The predicted molar refractivity (Wildman–Crippen MR) is 146 cm³/mol. The molecule has 2 aromatic carbocycles. The summed E-state index contributed by atoms with van der Waals surface area (Å²) in [5.41, 5.74) is 6.86. The first-order valence-corrected chi connectivity index (χ1v) is 12.5. The van der Waals surface area contributed by atoms with Crippen LogP contribution in [0.4, 0.5) is 5.69 Å². The molecule has 1 aliphatic heterocycles. The maximum Gasteiger partial charge on any atom is 0.255 e. The Bertz CT molecular complexity index is 1640. The van der Waals surface area contributed by atoms with Gasteiger partial charge in [-0.25, -0.2) is 0 Å². The second kappa shape index (κ2) is 8.91. The fraction of sp³-hybridized carbons (Fsp3) is 0.276. The SMILES string of the molecule is Cc1cc(-n2c(=O)ccc3cnc4ccc(-c5cnn(C)c5)cc4c32)ccc1NC1CCN(C)CC1. The molecule has 7 heteroatoms. The quantitative estimate of drug-likeness (QED) is 0.378. The van der Waals surface area contributed by atoms with Crippen LogP contribution in [-0.2, 0) is 7.05 Å². The van der Waals surface area contributed by atoms with E-state index in [1.165, 1.54) is 0 Å². The highest BCUT2D eigenvalue weighted by atomic mass is 16.1. The van der Waals surface area contributed by atoms with Crippen LogP contribution in [0.25, 0.3) is 38.6 Å². The average molecular weight is 479 g/mol. The Hall–Kier alpha value is -3.97. The molecule has 0 spiro atoms. The van der Waals surface area contributed by atoms with E-state index >= 15 is 0 Å². The van der Waals surface area contributed by atoms with Gasteiger partial charge >= 0.3 is 0 Å². The number of fused-ring (bicyclic) bond motifs is 3. The molecule has 1 fully saturated rings. The molecule has 0 atom stereocenters. The molecule has 7 nitrogen and oxygen atoms in total. The number of aromatic nitrogens is 4. The Morgan fingerprint density at radius 3 is 2.53 bits per heavy atom. The summed E-state index contributed by atoms with van der Waals surface area (Å²) in [4.78, 5) is 20.3. The van der Waals surface area contributed by atoms with Crippen molar-refractivity contribution in [1.82, 2.24) is 24.2 Å². The van der Waals surface area contributed by atoms with Gasteiger partial charge < -0.3 is 10.2 Å². The highest BCUT2D eigenvalue weighted by Crippen LogP contribution is 2.30. The molecular weight excluding hydrogens is 448 g/mol. The van der Waals surface area contributed by atoms with Crippen LogP contribution < -0.4 is 10.9 Å². The number of pyridine rings is 2. The summed E-state index contributed by atoms with van der Waals surface area (Å²) in [7, 11) is 4.09. The van der Waals surface area contributed by atoms with Crippen LogP contribution in [0.1, 0.15) is 18.4 Å². The van der Waals surface area contributed by atoms with Gasteiger partial charge in [0, 0.05) is 59.3 Å². The van der Waals surface area contributed by atoms with E-state index in [0.717, 1.165) is 75.8 Å². The van der Waals surface area contributed by atoms with Gasteiger partial charge in [-0.2, -0.15) is 5.10 Å². The molecular formula is C29H30N6O. The molecule has 5 aromatic rings. The normalized spacial score (nSPS) is 15.1. The summed E-state index contributed by atoms with van der Waals surface area (Å²) in [6.07, 6.45) is 7.97. The number of nitrogens with zero attached hydrogens (tertiary/aromatic N) is 5. The molecule has 1 saturated heterocycles. The van der Waals surface area contributed by atoms with E-state index in [0.29, 0.717) is 6.04 Å². The molecule has 0 aliphatic carbocycles. The summed E-state index contributed by atoms with van der Waals surface area (Å²) in [5.74, 6) is 0. The Morgan fingerprint density at radius 2 is 1.78 bits per heavy atom. The van der Waals surface area contributed by atoms with Crippen LogP contribution in [-0.4, -0.2) is 50.4 Å². The number of hydrogen-bond acceptors (Lipinski definition) is 5. The molecule has 1 N–H and O–H groups in total. The number of anilines is 1. The molecule has 182 valence electrons. The summed E-state index contributed by atoms with van der Waals surface area (Å²) in [5, 5.41) is 9.91. The van der Waals surface area contributed by atoms with Gasteiger partial charge in [-0.3, -0.25) is 19.0 Å². The number of nitrogens with one attached hydrogen (secondary N) is 1. The van der Waals surface area contributed by atoms with Crippen molar-refractivity contribution >= 4 is 27.5 Å². The Kier molecular flexibility index (Phi) is 5.57. The van der Waals surface area contributed by atoms with Crippen LogP contribution in [0, 0.1) is 6.92 Å². The van der Waals surface area contributed by atoms with Crippen molar-refractivity contribution in [3.63, 3.8) is 0 Å². The fourth-order valence-electron chi connectivity index (χ4n) is 5.24. The van der Waals surface area contributed by atoms with Crippen molar-refractivity contribution in [2.75, 3.05) is 25.5 Å². The van der Waals surface area contributed by atoms with Crippen molar-refractivity contribution in [3.05, 3.63) is 83.0 Å². The fourth-order valence-corrected chi connectivity index (χ4v) is 5.24. The van der Waals surface area contributed by atoms with Crippen LogP contribution in [0.5, 0.6) is 0 Å². The number of benzene rings is 2. The monoisotopic (exact) mass is 478 g/mol. The van der Waals surface area contributed by atoms with Crippen molar-refractivity contribution in [1.29, 1.82) is 0 Å². The second-order valence-electron chi connectivity index (χ2n) is 9.92. The third-order valence-corrected chi connectivity index (χ3v) is 7.30. The van der Waals surface area contributed by atoms with Crippen molar-refractivity contribution < 1.29 is 0 Å². The second-order valence-corrected chi connectivity index (χ2v) is 9.92. The highest BCUT2D eigenvalue weighted by molar-refractivity contribution is 6.05. The summed E-state index contributed by atoms with van der Waals surface area (Å²) < 4.78 is 3.61. The van der Waals surface area contributed by atoms with E-state index in [2.05, 4.69) is 58.5 Å². The lowest BCUT2D eigenvalue weighted by Crippen LogP contribution is -2.36. The Labute approximate surface area is 210 Å². The zero-order valence-corrected chi connectivity index (χ0v) is 20.9. The lowest BCUT2D eigenvalue weighted by molar-refractivity contribution is 0.264. The average Bonchev–Trinajstić information content (AvgIpc) is 3.32. The minimum atomic E-state index is -0.0581. The van der Waals surface area contributed by atoms with Crippen molar-refractivity contribution in [2.24, 2.45) is 7.05 Å². The first-order valence-electron chi connectivity index (χ1n) is 12.5. The van der Waals surface area contributed by atoms with E-state index in [4.69, 9.17) is 0 Å². The molecule has 0 radical (unpaired) electrons. The number of rotatable bonds is 4. The number of likely N-dealkylation sites (tertiary alicyclic amines) is 1. The molecule has 1 aliphatic rings. The molecule has 0 saturated carbocycles. The van der Waals surface area contributed by atoms with Gasteiger partial charge in [0.05, 0.1) is 17.2 Å². The van der Waals surface area contributed by atoms with E-state index in [1.807, 2.05) is 48.4 Å². The van der Waals surface area contributed by atoms with Gasteiger partial charge in [-0.1, -0.05) is 6.07 Å². The molecule has 6 rings (SSSR count).